The molecule has 0 heterocycles. The molecule has 1 aromatic rings. The second-order valence-electron chi connectivity index (χ2n) is 6.02. The average Bonchev–Trinajstić information content (AvgIpc) is 2.81. The van der Waals surface area contributed by atoms with Crippen LogP contribution in [0.5, 0.6) is 0 Å². The molecule has 2 rings (SSSR count). The largest absolute Gasteiger partial charge is 0.396 e. The zero-order chi connectivity index (χ0) is 14.6. The molecule has 110 valence electrons. The first-order chi connectivity index (χ1) is 9.55. The maximum Gasteiger partial charge on any atom is 0.239 e. The van der Waals surface area contributed by atoms with Gasteiger partial charge in [-0.1, -0.05) is 31.5 Å². The number of carbonyl (C=O) groups excluding carboxylic acids is 1. The second-order valence-corrected chi connectivity index (χ2v) is 6.02. The molecule has 1 fully saturated rings. The van der Waals surface area contributed by atoms with E-state index in [0.717, 1.165) is 24.9 Å². The van der Waals surface area contributed by atoms with E-state index in [0.29, 0.717) is 6.54 Å². The summed E-state index contributed by atoms with van der Waals surface area (Å²) in [5.41, 5.74) is 0.861. The van der Waals surface area contributed by atoms with Crippen LogP contribution >= 0.6 is 0 Å². The number of carbonyl (C=O) groups is 1. The first-order valence-electron chi connectivity index (χ1n) is 7.21. The third-order valence-corrected chi connectivity index (χ3v) is 4.36. The maximum absolute atomic E-state index is 12.2. The van der Waals surface area contributed by atoms with Gasteiger partial charge in [0.25, 0.3) is 0 Å². The SMILES string of the molecule is CN(CC(=O)NC1CCCC1(C)CO)c1ccccc1. The van der Waals surface area contributed by atoms with Crippen molar-refractivity contribution in [3.05, 3.63) is 30.3 Å². The summed E-state index contributed by atoms with van der Waals surface area (Å²) in [6.45, 7) is 2.51. The van der Waals surface area contributed by atoms with E-state index in [4.69, 9.17) is 0 Å². The van der Waals surface area contributed by atoms with E-state index in [1.54, 1.807) is 0 Å². The zero-order valence-electron chi connectivity index (χ0n) is 12.3. The number of nitrogens with zero attached hydrogens (tertiary/aromatic N) is 1. The van der Waals surface area contributed by atoms with Gasteiger partial charge in [-0.2, -0.15) is 0 Å². The Morgan fingerprint density at radius 1 is 1.45 bits per heavy atom. The van der Waals surface area contributed by atoms with Gasteiger partial charge >= 0.3 is 0 Å². The zero-order valence-corrected chi connectivity index (χ0v) is 12.3. The first-order valence-corrected chi connectivity index (χ1v) is 7.21. The van der Waals surface area contributed by atoms with E-state index in [-0.39, 0.29) is 24.0 Å². The van der Waals surface area contributed by atoms with Gasteiger partial charge in [-0.05, 0) is 25.0 Å². The lowest BCUT2D eigenvalue weighted by Crippen LogP contribution is -2.47. The predicted octanol–water partition coefficient (Wildman–Crippen LogP) is 1.79. The molecule has 2 unspecified atom stereocenters. The molecule has 0 aliphatic heterocycles. The van der Waals surface area contributed by atoms with Crippen LogP contribution in [0.4, 0.5) is 5.69 Å². The Morgan fingerprint density at radius 3 is 2.80 bits per heavy atom. The fourth-order valence-electron chi connectivity index (χ4n) is 2.90. The fraction of sp³-hybridized carbons (Fsp3) is 0.562. The van der Waals surface area contributed by atoms with Gasteiger partial charge < -0.3 is 15.3 Å². The highest BCUT2D eigenvalue weighted by Gasteiger charge is 2.39. The van der Waals surface area contributed by atoms with Gasteiger partial charge in [-0.25, -0.2) is 0 Å². The Hall–Kier alpha value is -1.55. The van der Waals surface area contributed by atoms with Crippen LogP contribution in [0.3, 0.4) is 0 Å². The lowest BCUT2D eigenvalue weighted by molar-refractivity contribution is -0.121. The number of benzene rings is 1. The van der Waals surface area contributed by atoms with Gasteiger partial charge in [-0.3, -0.25) is 4.79 Å². The molecule has 2 atom stereocenters. The Morgan fingerprint density at radius 2 is 2.15 bits per heavy atom. The van der Waals surface area contributed by atoms with Crippen molar-refractivity contribution in [1.82, 2.24) is 5.32 Å². The van der Waals surface area contributed by atoms with Gasteiger partial charge in [0.05, 0.1) is 13.2 Å². The Bertz CT molecular complexity index is 449. The molecule has 20 heavy (non-hydrogen) atoms. The monoisotopic (exact) mass is 276 g/mol. The molecule has 1 amide bonds. The van der Waals surface area contributed by atoms with Crippen LogP contribution in [0.2, 0.25) is 0 Å². The van der Waals surface area contributed by atoms with Crippen LogP contribution in [-0.4, -0.2) is 37.3 Å². The molecule has 0 spiro atoms. The summed E-state index contributed by atoms with van der Waals surface area (Å²) in [5, 5.41) is 12.6. The minimum atomic E-state index is -0.166. The van der Waals surface area contributed by atoms with Crippen molar-refractivity contribution in [2.75, 3.05) is 25.1 Å². The summed E-state index contributed by atoms with van der Waals surface area (Å²) >= 11 is 0. The molecule has 0 radical (unpaired) electrons. The molecule has 4 nitrogen and oxygen atoms in total. The van der Waals surface area contributed by atoms with Gasteiger partial charge in [0, 0.05) is 24.2 Å². The third-order valence-electron chi connectivity index (χ3n) is 4.36. The molecule has 0 saturated heterocycles. The van der Waals surface area contributed by atoms with Gasteiger partial charge in [-0.15, -0.1) is 0 Å². The highest BCUT2D eigenvalue weighted by Crippen LogP contribution is 2.37. The molecule has 2 N–H and O–H groups in total. The number of hydrogen-bond acceptors (Lipinski definition) is 3. The standard InChI is InChI=1S/C16H24N2O2/c1-16(12-19)10-6-9-14(16)17-15(20)11-18(2)13-7-4-3-5-8-13/h3-5,7-8,14,19H,6,9-12H2,1-2H3,(H,17,20). The van der Waals surface area contributed by atoms with E-state index >= 15 is 0 Å². The Balaban J connectivity index is 1.90. The smallest absolute Gasteiger partial charge is 0.239 e. The number of anilines is 1. The van der Waals surface area contributed by atoms with Crippen LogP contribution in [0.15, 0.2) is 30.3 Å². The summed E-state index contributed by atoms with van der Waals surface area (Å²) in [7, 11) is 1.91. The quantitative estimate of drug-likeness (QED) is 0.862. The van der Waals surface area contributed by atoms with Crippen molar-refractivity contribution < 1.29 is 9.90 Å². The average molecular weight is 276 g/mol. The summed E-state index contributed by atoms with van der Waals surface area (Å²) in [5.74, 6) is 0.0166. The van der Waals surface area contributed by atoms with E-state index in [2.05, 4.69) is 5.32 Å². The second kappa shape index (κ2) is 6.27. The summed E-state index contributed by atoms with van der Waals surface area (Å²) in [6.07, 6.45) is 3.00. The number of hydrogen-bond donors (Lipinski definition) is 2. The van der Waals surface area contributed by atoms with Crippen molar-refractivity contribution in [3.8, 4) is 0 Å². The molecule has 0 bridgehead atoms. The molecule has 0 aromatic heterocycles. The molecule has 4 heteroatoms. The number of rotatable bonds is 5. The normalized spacial score (nSPS) is 25.4. The van der Waals surface area contributed by atoms with Crippen molar-refractivity contribution in [2.24, 2.45) is 5.41 Å². The van der Waals surface area contributed by atoms with Gasteiger partial charge in [0.15, 0.2) is 0 Å². The van der Waals surface area contributed by atoms with Crippen LogP contribution in [0.25, 0.3) is 0 Å². The van der Waals surface area contributed by atoms with E-state index < -0.39 is 0 Å². The first kappa shape index (κ1) is 14.9. The summed E-state index contributed by atoms with van der Waals surface area (Å²) < 4.78 is 0. The molecule has 1 aliphatic carbocycles. The number of aliphatic hydroxyl groups excluding tert-OH is 1. The highest BCUT2D eigenvalue weighted by molar-refractivity contribution is 5.81. The van der Waals surface area contributed by atoms with Crippen LogP contribution in [-0.2, 0) is 4.79 Å². The summed E-state index contributed by atoms with van der Waals surface area (Å²) in [6, 6.07) is 9.95. The number of amides is 1. The van der Waals surface area contributed by atoms with Crippen molar-refractivity contribution >= 4 is 11.6 Å². The predicted molar refractivity (Wildman–Crippen MR) is 80.7 cm³/mol. The summed E-state index contributed by atoms with van der Waals surface area (Å²) in [4.78, 5) is 14.1. The fourth-order valence-corrected chi connectivity index (χ4v) is 2.90. The van der Waals surface area contributed by atoms with Gasteiger partial charge in [0.1, 0.15) is 0 Å². The van der Waals surface area contributed by atoms with Crippen molar-refractivity contribution in [1.29, 1.82) is 0 Å². The minimum absolute atomic E-state index is 0.0166. The number of likely N-dealkylation sites (N-methyl/N-ethyl adjacent to an activating group) is 1. The highest BCUT2D eigenvalue weighted by atomic mass is 16.3. The van der Waals surface area contributed by atoms with E-state index in [1.807, 2.05) is 49.2 Å². The number of para-hydroxylation sites is 1. The number of aliphatic hydroxyl groups is 1. The van der Waals surface area contributed by atoms with Crippen LogP contribution < -0.4 is 10.2 Å². The van der Waals surface area contributed by atoms with E-state index in [1.165, 1.54) is 0 Å². The number of nitrogens with one attached hydrogen (secondary N) is 1. The lowest BCUT2D eigenvalue weighted by atomic mass is 9.86. The molecular weight excluding hydrogens is 252 g/mol. The van der Waals surface area contributed by atoms with Crippen LogP contribution in [0, 0.1) is 5.41 Å². The lowest BCUT2D eigenvalue weighted by Gasteiger charge is -2.31. The van der Waals surface area contributed by atoms with Crippen molar-refractivity contribution in [2.45, 2.75) is 32.2 Å². The minimum Gasteiger partial charge on any atom is -0.396 e. The van der Waals surface area contributed by atoms with E-state index in [9.17, 15) is 9.90 Å². The molecule has 1 aliphatic rings. The Labute approximate surface area is 120 Å². The van der Waals surface area contributed by atoms with Gasteiger partial charge in [0.2, 0.25) is 5.91 Å². The topological polar surface area (TPSA) is 52.6 Å². The third kappa shape index (κ3) is 3.31. The molecule has 1 saturated carbocycles. The maximum atomic E-state index is 12.2. The van der Waals surface area contributed by atoms with Crippen molar-refractivity contribution in [3.63, 3.8) is 0 Å². The Kier molecular flexibility index (Phi) is 4.65. The molecule has 1 aromatic carbocycles. The van der Waals surface area contributed by atoms with Crippen LogP contribution in [0.1, 0.15) is 26.2 Å². The molecular formula is C16H24N2O2.